The Kier molecular flexibility index (Phi) is 5.39. The first-order chi connectivity index (χ1) is 7.85. The minimum Gasteiger partial charge on any atom is -0.383 e. The van der Waals surface area contributed by atoms with E-state index in [1.165, 1.54) is 0 Å². The zero-order valence-electron chi connectivity index (χ0n) is 10.1. The molecule has 0 aromatic heterocycles. The first kappa shape index (κ1) is 14.9. The van der Waals surface area contributed by atoms with Gasteiger partial charge in [-0.25, -0.2) is 0 Å². The van der Waals surface area contributed by atoms with Gasteiger partial charge in [0.15, 0.2) is 0 Å². The van der Waals surface area contributed by atoms with Crippen molar-refractivity contribution in [2.75, 3.05) is 19.0 Å². The number of ether oxygens (including phenoxy) is 1. The predicted molar refractivity (Wildman–Crippen MR) is 75.7 cm³/mol. The van der Waals surface area contributed by atoms with Crippen molar-refractivity contribution in [3.8, 4) is 0 Å². The largest absolute Gasteiger partial charge is 0.383 e. The zero-order valence-corrected chi connectivity index (χ0v) is 12.4. The van der Waals surface area contributed by atoms with Crippen LogP contribution in [0.5, 0.6) is 0 Å². The number of hydrogen-bond donors (Lipinski definition) is 1. The molecule has 0 unspecified atom stereocenters. The van der Waals surface area contributed by atoms with Crippen molar-refractivity contribution in [3.63, 3.8) is 0 Å². The van der Waals surface area contributed by atoms with Crippen LogP contribution >= 0.6 is 34.8 Å². The molecular weight excluding hydrogens is 280 g/mol. The van der Waals surface area contributed by atoms with E-state index in [1.54, 1.807) is 19.2 Å². The average molecular weight is 297 g/mol. The number of hydrogen-bond acceptors (Lipinski definition) is 2. The minimum atomic E-state index is -0.168. The summed E-state index contributed by atoms with van der Waals surface area (Å²) in [5, 5.41) is 4.78. The topological polar surface area (TPSA) is 21.3 Å². The average Bonchev–Trinajstić information content (AvgIpc) is 2.22. The van der Waals surface area contributed by atoms with Crippen molar-refractivity contribution in [1.82, 2.24) is 0 Å². The summed E-state index contributed by atoms with van der Waals surface area (Å²) in [5.41, 5.74) is 0.544. The molecule has 1 aromatic rings. The van der Waals surface area contributed by atoms with E-state index in [0.29, 0.717) is 20.8 Å². The molecule has 0 amide bonds. The highest BCUT2D eigenvalue weighted by atomic mass is 35.5. The van der Waals surface area contributed by atoms with Crippen molar-refractivity contribution in [3.05, 3.63) is 27.2 Å². The molecule has 0 fully saturated rings. The molecule has 0 atom stereocenters. The molecule has 0 spiro atoms. The van der Waals surface area contributed by atoms with E-state index >= 15 is 0 Å². The Hall–Kier alpha value is -0.150. The summed E-state index contributed by atoms with van der Waals surface area (Å²) in [6.45, 7) is 4.78. The van der Waals surface area contributed by atoms with E-state index < -0.39 is 0 Å². The number of benzene rings is 1. The number of methoxy groups -OCH3 is 1. The van der Waals surface area contributed by atoms with E-state index in [4.69, 9.17) is 39.5 Å². The lowest BCUT2D eigenvalue weighted by molar-refractivity contribution is 0.0185. The van der Waals surface area contributed by atoms with Crippen molar-refractivity contribution in [2.45, 2.75) is 25.9 Å². The summed E-state index contributed by atoms with van der Waals surface area (Å²) in [7, 11) is 1.70. The van der Waals surface area contributed by atoms with Crippen LogP contribution in [0.1, 0.15) is 20.3 Å². The number of rotatable bonds is 5. The van der Waals surface area contributed by atoms with Crippen molar-refractivity contribution in [2.24, 2.45) is 0 Å². The molecule has 0 aliphatic rings. The third-order valence-corrected chi connectivity index (χ3v) is 3.40. The Morgan fingerprint density at radius 3 is 2.18 bits per heavy atom. The molecule has 0 saturated carbocycles. The second-order valence-electron chi connectivity index (χ2n) is 4.39. The van der Waals surface area contributed by atoms with Crippen LogP contribution in [0, 0.1) is 0 Å². The Morgan fingerprint density at radius 1 is 1.18 bits per heavy atom. The summed E-state index contributed by atoms with van der Waals surface area (Å²) >= 11 is 17.9. The summed E-state index contributed by atoms with van der Waals surface area (Å²) in [6, 6.07) is 3.33. The molecule has 0 aliphatic carbocycles. The molecule has 1 aromatic carbocycles. The second kappa shape index (κ2) is 6.14. The van der Waals surface area contributed by atoms with E-state index in [9.17, 15) is 0 Å². The fraction of sp³-hybridized carbons (Fsp3) is 0.500. The van der Waals surface area contributed by atoms with Gasteiger partial charge in [0.05, 0.1) is 21.3 Å². The van der Waals surface area contributed by atoms with Gasteiger partial charge in [0.25, 0.3) is 0 Å². The Morgan fingerprint density at radius 2 is 1.71 bits per heavy atom. The molecule has 0 aliphatic heterocycles. The molecular formula is C12H16Cl3NO. The van der Waals surface area contributed by atoms with Gasteiger partial charge in [-0.05, 0) is 32.4 Å². The standard InChI is InChI=1S/C12H16Cl3NO/c1-12(2,17-3)4-5-16-11-9(14)6-8(13)7-10(11)15/h6-7,16H,4-5H2,1-3H3. The van der Waals surface area contributed by atoms with E-state index in [2.05, 4.69) is 5.32 Å². The minimum absolute atomic E-state index is 0.168. The third kappa shape index (κ3) is 4.55. The fourth-order valence-electron chi connectivity index (χ4n) is 1.30. The van der Waals surface area contributed by atoms with Crippen LogP contribution in [0.15, 0.2) is 12.1 Å². The number of halogens is 3. The SMILES string of the molecule is COC(C)(C)CCNc1c(Cl)cc(Cl)cc1Cl. The lowest BCUT2D eigenvalue weighted by atomic mass is 10.1. The van der Waals surface area contributed by atoms with Crippen LogP contribution in [0.4, 0.5) is 5.69 Å². The zero-order chi connectivity index (χ0) is 13.1. The second-order valence-corrected chi connectivity index (χ2v) is 5.64. The van der Waals surface area contributed by atoms with Crippen molar-refractivity contribution >= 4 is 40.5 Å². The Bertz CT molecular complexity index is 370. The lowest BCUT2D eigenvalue weighted by Gasteiger charge is -2.23. The molecule has 5 heteroatoms. The number of nitrogens with one attached hydrogen (secondary N) is 1. The monoisotopic (exact) mass is 295 g/mol. The summed E-state index contributed by atoms with van der Waals surface area (Å²) in [4.78, 5) is 0. The molecule has 17 heavy (non-hydrogen) atoms. The van der Waals surface area contributed by atoms with E-state index in [-0.39, 0.29) is 5.60 Å². The molecule has 0 saturated heterocycles. The van der Waals surface area contributed by atoms with Crippen LogP contribution < -0.4 is 5.32 Å². The van der Waals surface area contributed by atoms with Gasteiger partial charge in [-0.15, -0.1) is 0 Å². The highest BCUT2D eigenvalue weighted by Gasteiger charge is 2.16. The smallest absolute Gasteiger partial charge is 0.0720 e. The quantitative estimate of drug-likeness (QED) is 0.836. The van der Waals surface area contributed by atoms with Gasteiger partial charge in [-0.3, -0.25) is 0 Å². The highest BCUT2D eigenvalue weighted by molar-refractivity contribution is 6.41. The molecule has 0 bridgehead atoms. The maximum Gasteiger partial charge on any atom is 0.0720 e. The summed E-state index contributed by atoms with van der Waals surface area (Å²) < 4.78 is 5.33. The maximum absolute atomic E-state index is 6.06. The van der Waals surface area contributed by atoms with Crippen LogP contribution in [0.25, 0.3) is 0 Å². The summed E-state index contributed by atoms with van der Waals surface area (Å²) in [5.74, 6) is 0. The van der Waals surface area contributed by atoms with Gasteiger partial charge in [0.1, 0.15) is 0 Å². The first-order valence-electron chi connectivity index (χ1n) is 5.29. The Labute approximate surface area is 117 Å². The van der Waals surface area contributed by atoms with Crippen LogP contribution in [0.2, 0.25) is 15.1 Å². The van der Waals surface area contributed by atoms with Crippen molar-refractivity contribution in [1.29, 1.82) is 0 Å². The fourth-order valence-corrected chi connectivity index (χ4v) is 2.25. The van der Waals surface area contributed by atoms with Gasteiger partial charge in [-0.1, -0.05) is 34.8 Å². The highest BCUT2D eigenvalue weighted by Crippen LogP contribution is 2.33. The third-order valence-electron chi connectivity index (χ3n) is 2.59. The molecule has 2 nitrogen and oxygen atoms in total. The molecule has 96 valence electrons. The van der Waals surface area contributed by atoms with Crippen LogP contribution in [-0.2, 0) is 4.74 Å². The van der Waals surface area contributed by atoms with Crippen LogP contribution in [0.3, 0.4) is 0 Å². The van der Waals surface area contributed by atoms with Crippen LogP contribution in [-0.4, -0.2) is 19.3 Å². The molecule has 1 rings (SSSR count). The van der Waals surface area contributed by atoms with Gasteiger partial charge in [-0.2, -0.15) is 0 Å². The van der Waals surface area contributed by atoms with E-state index in [0.717, 1.165) is 13.0 Å². The Balaban J connectivity index is 2.64. The van der Waals surface area contributed by atoms with E-state index in [1.807, 2.05) is 13.8 Å². The number of anilines is 1. The lowest BCUT2D eigenvalue weighted by Crippen LogP contribution is -2.25. The van der Waals surface area contributed by atoms with Gasteiger partial charge in [0.2, 0.25) is 0 Å². The van der Waals surface area contributed by atoms with Crippen molar-refractivity contribution < 1.29 is 4.74 Å². The van der Waals surface area contributed by atoms with Gasteiger partial charge < -0.3 is 10.1 Å². The summed E-state index contributed by atoms with van der Waals surface area (Å²) in [6.07, 6.45) is 0.846. The normalized spacial score (nSPS) is 11.6. The predicted octanol–water partition coefficient (Wildman–Crippen LogP) is 4.87. The maximum atomic E-state index is 6.06. The van der Waals surface area contributed by atoms with Gasteiger partial charge in [0, 0.05) is 18.7 Å². The molecule has 0 radical (unpaired) electrons. The first-order valence-corrected chi connectivity index (χ1v) is 6.43. The van der Waals surface area contributed by atoms with Gasteiger partial charge >= 0.3 is 0 Å². The molecule has 1 N–H and O–H groups in total. The molecule has 0 heterocycles.